The van der Waals surface area contributed by atoms with Crippen molar-refractivity contribution in [2.45, 2.75) is 45.2 Å². The molecule has 3 heteroatoms. The van der Waals surface area contributed by atoms with Crippen LogP contribution in [-0.2, 0) is 9.47 Å². The zero-order valence-electron chi connectivity index (χ0n) is 8.49. The Morgan fingerprint density at radius 2 is 2.31 bits per heavy atom. The SMILES string of the molecule is C/C=C/CC(O)C1COC(C)(C)O1. The monoisotopic (exact) mass is 186 g/mol. The predicted octanol–water partition coefficient (Wildman–Crippen LogP) is 1.46. The molecule has 0 spiro atoms. The lowest BCUT2D eigenvalue weighted by Gasteiger charge is -2.19. The summed E-state index contributed by atoms with van der Waals surface area (Å²) in [6.07, 6.45) is 3.83. The van der Waals surface area contributed by atoms with Crippen molar-refractivity contribution in [3.63, 3.8) is 0 Å². The summed E-state index contributed by atoms with van der Waals surface area (Å²) in [5.41, 5.74) is 0. The third-order valence-corrected chi connectivity index (χ3v) is 2.07. The maximum Gasteiger partial charge on any atom is 0.163 e. The molecule has 3 nitrogen and oxygen atoms in total. The van der Waals surface area contributed by atoms with Crippen LogP contribution >= 0.6 is 0 Å². The Kier molecular flexibility index (Phi) is 3.47. The second-order valence-corrected chi connectivity index (χ2v) is 3.74. The van der Waals surface area contributed by atoms with Gasteiger partial charge in [0.2, 0.25) is 0 Å². The molecule has 0 aromatic rings. The van der Waals surface area contributed by atoms with Gasteiger partial charge in [0.25, 0.3) is 0 Å². The molecule has 1 heterocycles. The first kappa shape index (κ1) is 10.7. The quantitative estimate of drug-likeness (QED) is 0.678. The smallest absolute Gasteiger partial charge is 0.163 e. The topological polar surface area (TPSA) is 38.7 Å². The molecule has 2 unspecified atom stereocenters. The van der Waals surface area contributed by atoms with Crippen molar-refractivity contribution in [1.29, 1.82) is 0 Å². The standard InChI is InChI=1S/C10H18O3/c1-4-5-6-8(11)9-7-12-10(2,3)13-9/h4-5,8-9,11H,6-7H2,1-3H3/b5-4+. The molecule has 76 valence electrons. The number of hydrogen-bond acceptors (Lipinski definition) is 3. The minimum absolute atomic E-state index is 0.189. The van der Waals surface area contributed by atoms with Gasteiger partial charge in [-0.1, -0.05) is 12.2 Å². The fourth-order valence-corrected chi connectivity index (χ4v) is 1.33. The zero-order chi connectivity index (χ0) is 9.90. The fraction of sp³-hybridized carbons (Fsp3) is 0.800. The van der Waals surface area contributed by atoms with Crippen LogP contribution in [-0.4, -0.2) is 29.7 Å². The largest absolute Gasteiger partial charge is 0.390 e. The Bertz CT molecular complexity index is 187. The number of rotatable bonds is 3. The van der Waals surface area contributed by atoms with E-state index in [1.807, 2.05) is 32.9 Å². The first-order valence-electron chi connectivity index (χ1n) is 4.66. The molecular formula is C10H18O3. The van der Waals surface area contributed by atoms with E-state index >= 15 is 0 Å². The molecule has 0 aromatic carbocycles. The van der Waals surface area contributed by atoms with Gasteiger partial charge >= 0.3 is 0 Å². The van der Waals surface area contributed by atoms with Crippen LogP contribution in [0.3, 0.4) is 0 Å². The van der Waals surface area contributed by atoms with Crippen LogP contribution in [0.4, 0.5) is 0 Å². The van der Waals surface area contributed by atoms with Gasteiger partial charge in [-0.25, -0.2) is 0 Å². The number of ether oxygens (including phenoxy) is 2. The lowest BCUT2D eigenvalue weighted by molar-refractivity contribution is -0.150. The molecule has 0 radical (unpaired) electrons. The fourth-order valence-electron chi connectivity index (χ4n) is 1.33. The van der Waals surface area contributed by atoms with Crippen molar-refractivity contribution in [2.75, 3.05) is 6.61 Å². The van der Waals surface area contributed by atoms with E-state index in [1.165, 1.54) is 0 Å². The molecular weight excluding hydrogens is 168 g/mol. The molecule has 2 atom stereocenters. The van der Waals surface area contributed by atoms with E-state index in [0.29, 0.717) is 13.0 Å². The third-order valence-electron chi connectivity index (χ3n) is 2.07. The molecule has 0 amide bonds. The maximum atomic E-state index is 9.66. The molecule has 1 saturated heterocycles. The maximum absolute atomic E-state index is 9.66. The van der Waals surface area contributed by atoms with Gasteiger partial charge in [0.1, 0.15) is 6.10 Å². The van der Waals surface area contributed by atoms with Crippen molar-refractivity contribution in [3.8, 4) is 0 Å². The highest BCUT2D eigenvalue weighted by Gasteiger charge is 2.36. The van der Waals surface area contributed by atoms with Crippen molar-refractivity contribution in [3.05, 3.63) is 12.2 Å². The summed E-state index contributed by atoms with van der Waals surface area (Å²) in [7, 11) is 0. The van der Waals surface area contributed by atoms with Crippen molar-refractivity contribution < 1.29 is 14.6 Å². The summed E-state index contributed by atoms with van der Waals surface area (Å²) < 4.78 is 10.8. The van der Waals surface area contributed by atoms with Crippen LogP contribution < -0.4 is 0 Å². The zero-order valence-corrected chi connectivity index (χ0v) is 8.49. The van der Waals surface area contributed by atoms with Crippen molar-refractivity contribution in [1.82, 2.24) is 0 Å². The van der Waals surface area contributed by atoms with E-state index in [9.17, 15) is 5.11 Å². The molecule has 1 aliphatic heterocycles. The van der Waals surface area contributed by atoms with E-state index in [1.54, 1.807) is 0 Å². The van der Waals surface area contributed by atoms with Gasteiger partial charge in [0.15, 0.2) is 5.79 Å². The van der Waals surface area contributed by atoms with Crippen LogP contribution in [0, 0.1) is 0 Å². The first-order valence-corrected chi connectivity index (χ1v) is 4.66. The predicted molar refractivity (Wildman–Crippen MR) is 50.3 cm³/mol. The summed E-state index contributed by atoms with van der Waals surface area (Å²) in [5, 5.41) is 9.66. The average Bonchev–Trinajstić information content (AvgIpc) is 2.42. The van der Waals surface area contributed by atoms with Crippen LogP contribution in [0.15, 0.2) is 12.2 Å². The number of aliphatic hydroxyl groups excluding tert-OH is 1. The summed E-state index contributed by atoms with van der Waals surface area (Å²) in [6.45, 7) is 6.12. The molecule has 1 aliphatic rings. The summed E-state index contributed by atoms with van der Waals surface area (Å²) >= 11 is 0. The Balaban J connectivity index is 2.37. The highest BCUT2D eigenvalue weighted by molar-refractivity contribution is 4.86. The number of allylic oxidation sites excluding steroid dienone is 1. The van der Waals surface area contributed by atoms with Gasteiger partial charge < -0.3 is 14.6 Å². The van der Waals surface area contributed by atoms with Crippen molar-refractivity contribution >= 4 is 0 Å². The summed E-state index contributed by atoms with van der Waals surface area (Å²) in [5.74, 6) is -0.540. The van der Waals surface area contributed by atoms with E-state index in [0.717, 1.165) is 0 Å². The second kappa shape index (κ2) is 4.22. The lowest BCUT2D eigenvalue weighted by atomic mass is 10.1. The van der Waals surface area contributed by atoms with Gasteiger partial charge in [-0.2, -0.15) is 0 Å². The summed E-state index contributed by atoms with van der Waals surface area (Å²) in [4.78, 5) is 0. The first-order chi connectivity index (χ1) is 6.05. The molecule has 0 bridgehead atoms. The lowest BCUT2D eigenvalue weighted by Crippen LogP contribution is -2.30. The van der Waals surface area contributed by atoms with Gasteiger partial charge in [-0.15, -0.1) is 0 Å². The number of hydrogen-bond donors (Lipinski definition) is 1. The molecule has 0 saturated carbocycles. The molecule has 1 rings (SSSR count). The highest BCUT2D eigenvalue weighted by Crippen LogP contribution is 2.25. The third kappa shape index (κ3) is 3.10. The molecule has 1 N–H and O–H groups in total. The molecule has 13 heavy (non-hydrogen) atoms. The van der Waals surface area contributed by atoms with E-state index < -0.39 is 11.9 Å². The van der Waals surface area contributed by atoms with Crippen molar-refractivity contribution in [2.24, 2.45) is 0 Å². The minimum atomic E-state index is -0.540. The van der Waals surface area contributed by atoms with Crippen LogP contribution in [0.5, 0.6) is 0 Å². The normalized spacial score (nSPS) is 29.7. The molecule has 1 fully saturated rings. The van der Waals surface area contributed by atoms with Gasteiger partial charge in [-0.3, -0.25) is 0 Å². The summed E-state index contributed by atoms with van der Waals surface area (Å²) in [6, 6.07) is 0. The highest BCUT2D eigenvalue weighted by atomic mass is 16.7. The van der Waals surface area contributed by atoms with E-state index in [4.69, 9.17) is 9.47 Å². The van der Waals surface area contributed by atoms with Crippen LogP contribution in [0.2, 0.25) is 0 Å². The Morgan fingerprint density at radius 1 is 1.62 bits per heavy atom. The van der Waals surface area contributed by atoms with E-state index in [-0.39, 0.29) is 6.10 Å². The van der Waals surface area contributed by atoms with E-state index in [2.05, 4.69) is 0 Å². The molecule has 0 aromatic heterocycles. The van der Waals surface area contributed by atoms with Gasteiger partial charge in [0, 0.05) is 0 Å². The minimum Gasteiger partial charge on any atom is -0.390 e. The second-order valence-electron chi connectivity index (χ2n) is 3.74. The van der Waals surface area contributed by atoms with Gasteiger partial charge in [-0.05, 0) is 27.2 Å². The number of aliphatic hydroxyl groups is 1. The average molecular weight is 186 g/mol. The Labute approximate surface area is 79.3 Å². The Morgan fingerprint density at radius 3 is 2.77 bits per heavy atom. The van der Waals surface area contributed by atoms with Crippen LogP contribution in [0.25, 0.3) is 0 Å². The van der Waals surface area contributed by atoms with Crippen LogP contribution in [0.1, 0.15) is 27.2 Å². The van der Waals surface area contributed by atoms with Gasteiger partial charge in [0.05, 0.1) is 12.7 Å². The molecule has 0 aliphatic carbocycles. The Hall–Kier alpha value is -0.380.